The zero-order chi connectivity index (χ0) is 42.3. The van der Waals surface area contributed by atoms with Gasteiger partial charge in [0.05, 0.1) is 25.4 Å². The fourth-order valence-electron chi connectivity index (χ4n) is 7.00. The van der Waals surface area contributed by atoms with Crippen molar-refractivity contribution in [3.63, 3.8) is 0 Å². The molecule has 58 heavy (non-hydrogen) atoms. The normalized spacial score (nSPS) is 21.4. The summed E-state index contributed by atoms with van der Waals surface area (Å²) in [5.74, 6) is -0.260. The molecule has 0 aromatic rings. The molecule has 1 saturated heterocycles. The summed E-state index contributed by atoms with van der Waals surface area (Å²) >= 11 is 0. The van der Waals surface area contributed by atoms with Crippen molar-refractivity contribution in [2.75, 3.05) is 13.2 Å². The first kappa shape index (κ1) is 53.9. The van der Waals surface area contributed by atoms with Crippen LogP contribution in [0, 0.1) is 0 Å². The van der Waals surface area contributed by atoms with Gasteiger partial charge in [-0.15, -0.1) is 0 Å². The molecule has 7 atom stereocenters. The van der Waals surface area contributed by atoms with E-state index in [9.17, 15) is 30.3 Å². The Morgan fingerprint density at radius 1 is 0.586 bits per heavy atom. The van der Waals surface area contributed by atoms with Crippen LogP contribution >= 0.6 is 0 Å². The first-order valence-electron chi connectivity index (χ1n) is 23.5. The van der Waals surface area contributed by atoms with E-state index in [0.717, 1.165) is 44.9 Å². The van der Waals surface area contributed by atoms with Crippen molar-refractivity contribution in [2.45, 2.75) is 230 Å². The lowest BCUT2D eigenvalue weighted by Gasteiger charge is -2.40. The molecule has 7 unspecified atom stereocenters. The van der Waals surface area contributed by atoms with Gasteiger partial charge in [0.25, 0.3) is 0 Å². The van der Waals surface area contributed by atoms with E-state index in [2.05, 4.69) is 61.7 Å². The number of hydrogen-bond donors (Lipinski definition) is 6. The highest BCUT2D eigenvalue weighted by Crippen LogP contribution is 2.22. The first-order chi connectivity index (χ1) is 28.3. The average Bonchev–Trinajstić information content (AvgIpc) is 3.22. The fourth-order valence-corrected chi connectivity index (χ4v) is 7.00. The van der Waals surface area contributed by atoms with Crippen LogP contribution in [-0.2, 0) is 14.3 Å². The number of carbonyl (C=O) groups is 1. The molecule has 6 N–H and O–H groups in total. The number of nitrogens with one attached hydrogen (secondary N) is 1. The zero-order valence-electron chi connectivity index (χ0n) is 36.8. The Hall–Kier alpha value is -2.11. The van der Waals surface area contributed by atoms with Crippen molar-refractivity contribution in [3.8, 4) is 0 Å². The molecule has 1 aliphatic rings. The maximum absolute atomic E-state index is 12.9. The van der Waals surface area contributed by atoms with Crippen LogP contribution in [0.1, 0.15) is 187 Å². The largest absolute Gasteiger partial charge is 0.394 e. The molecule has 0 aromatic carbocycles. The summed E-state index contributed by atoms with van der Waals surface area (Å²) < 4.78 is 11.2. The quantitative estimate of drug-likeness (QED) is 0.0267. The van der Waals surface area contributed by atoms with Gasteiger partial charge in [-0.2, -0.15) is 0 Å². The Bertz CT molecular complexity index is 1090. The predicted molar refractivity (Wildman–Crippen MR) is 239 cm³/mol. The van der Waals surface area contributed by atoms with E-state index in [1.807, 2.05) is 12.2 Å². The molecule has 1 fully saturated rings. The molecule has 0 aliphatic carbocycles. The summed E-state index contributed by atoms with van der Waals surface area (Å²) in [6.45, 7) is 3.69. The van der Waals surface area contributed by atoms with Gasteiger partial charge in [-0.1, -0.05) is 177 Å². The van der Waals surface area contributed by atoms with Crippen molar-refractivity contribution in [2.24, 2.45) is 0 Å². The number of amides is 1. The third-order valence-electron chi connectivity index (χ3n) is 10.8. The molecule has 1 amide bonds. The van der Waals surface area contributed by atoms with E-state index in [1.165, 1.54) is 116 Å². The second-order valence-electron chi connectivity index (χ2n) is 16.2. The number of hydrogen-bond acceptors (Lipinski definition) is 8. The number of aliphatic hydroxyl groups excluding tert-OH is 5. The van der Waals surface area contributed by atoms with Crippen LogP contribution in [-0.4, -0.2) is 87.5 Å². The maximum Gasteiger partial charge on any atom is 0.220 e. The highest BCUT2D eigenvalue weighted by molar-refractivity contribution is 5.76. The van der Waals surface area contributed by atoms with Crippen LogP contribution in [0.2, 0.25) is 0 Å². The molecule has 0 spiro atoms. The van der Waals surface area contributed by atoms with Crippen molar-refractivity contribution >= 4 is 5.91 Å². The number of aliphatic hydroxyl groups is 5. The molecular weight excluding hydrogens is 731 g/mol. The van der Waals surface area contributed by atoms with E-state index in [4.69, 9.17) is 9.47 Å². The molecule has 1 aliphatic heterocycles. The monoisotopic (exact) mass is 818 g/mol. The Kier molecular flexibility index (Phi) is 36.3. The van der Waals surface area contributed by atoms with Crippen molar-refractivity contribution in [3.05, 3.63) is 60.8 Å². The van der Waals surface area contributed by atoms with Crippen LogP contribution < -0.4 is 5.32 Å². The summed E-state index contributed by atoms with van der Waals surface area (Å²) in [4.78, 5) is 12.9. The second-order valence-corrected chi connectivity index (χ2v) is 16.2. The highest BCUT2D eigenvalue weighted by Gasteiger charge is 2.44. The first-order valence-corrected chi connectivity index (χ1v) is 23.5. The number of carbonyl (C=O) groups excluding carboxylic acids is 1. The Morgan fingerprint density at radius 2 is 1.03 bits per heavy atom. The van der Waals surface area contributed by atoms with Crippen LogP contribution in [0.4, 0.5) is 0 Å². The number of unbranched alkanes of at least 4 members (excludes halogenated alkanes) is 20. The summed E-state index contributed by atoms with van der Waals surface area (Å²) in [6, 6.07) is -0.859. The van der Waals surface area contributed by atoms with Crippen molar-refractivity contribution < 1.29 is 39.8 Å². The third kappa shape index (κ3) is 29.2. The minimum atomic E-state index is -1.58. The lowest BCUT2D eigenvalue weighted by molar-refractivity contribution is -0.302. The lowest BCUT2D eigenvalue weighted by Crippen LogP contribution is -2.60. The minimum Gasteiger partial charge on any atom is -0.394 e. The number of ether oxygens (including phenoxy) is 2. The Balaban J connectivity index is 2.40. The van der Waals surface area contributed by atoms with E-state index >= 15 is 0 Å². The zero-order valence-corrected chi connectivity index (χ0v) is 36.8. The summed E-state index contributed by atoms with van der Waals surface area (Å²) in [5, 5.41) is 54.1. The smallest absolute Gasteiger partial charge is 0.220 e. The molecule has 9 heteroatoms. The van der Waals surface area contributed by atoms with Crippen LogP contribution in [0.25, 0.3) is 0 Å². The third-order valence-corrected chi connectivity index (χ3v) is 10.8. The molecule has 0 aromatic heterocycles. The van der Waals surface area contributed by atoms with Crippen molar-refractivity contribution in [1.82, 2.24) is 5.32 Å². The van der Waals surface area contributed by atoms with Gasteiger partial charge in [-0.3, -0.25) is 4.79 Å². The van der Waals surface area contributed by atoms with Gasteiger partial charge in [0.15, 0.2) is 6.29 Å². The van der Waals surface area contributed by atoms with E-state index < -0.39 is 49.5 Å². The molecule has 1 rings (SSSR count). The standard InChI is InChI=1S/C49H87NO8/c1-3-5-7-9-11-13-15-17-18-19-20-21-22-23-24-25-27-28-30-32-34-36-38-43(52)42(41-57-49-48(56)47(55)46(54)44(40-51)58-49)50-45(53)39-37-35-33-31-29-26-16-14-12-10-8-6-4-2/h23-24,26,28-30,33,35-36,38,42-44,46-49,51-52,54-56H,3-22,25,27,31-32,34,37,39-41H2,1-2H3,(H,50,53)/b24-23+,29-26-,30-28+,35-33-,38-36+. The molecule has 9 nitrogen and oxygen atoms in total. The van der Waals surface area contributed by atoms with E-state index in [1.54, 1.807) is 6.08 Å². The Morgan fingerprint density at radius 3 is 1.55 bits per heavy atom. The van der Waals surface area contributed by atoms with Crippen LogP contribution in [0.3, 0.4) is 0 Å². The van der Waals surface area contributed by atoms with Crippen LogP contribution in [0.15, 0.2) is 60.8 Å². The summed E-state index contributed by atoms with van der Waals surface area (Å²) in [6.07, 6.45) is 44.3. The van der Waals surface area contributed by atoms with Gasteiger partial charge in [0.2, 0.25) is 5.91 Å². The maximum atomic E-state index is 12.9. The van der Waals surface area contributed by atoms with Gasteiger partial charge >= 0.3 is 0 Å². The average molecular weight is 818 g/mol. The molecule has 336 valence electrons. The van der Waals surface area contributed by atoms with Crippen LogP contribution in [0.5, 0.6) is 0 Å². The van der Waals surface area contributed by atoms with Crippen molar-refractivity contribution in [1.29, 1.82) is 0 Å². The summed E-state index contributed by atoms with van der Waals surface area (Å²) in [5.41, 5.74) is 0. The van der Waals surface area contributed by atoms with E-state index in [0.29, 0.717) is 6.42 Å². The van der Waals surface area contributed by atoms with Gasteiger partial charge in [0.1, 0.15) is 24.4 Å². The van der Waals surface area contributed by atoms with Gasteiger partial charge in [-0.25, -0.2) is 0 Å². The molecule has 0 bridgehead atoms. The second kappa shape index (κ2) is 39.1. The topological polar surface area (TPSA) is 149 Å². The van der Waals surface area contributed by atoms with Gasteiger partial charge < -0.3 is 40.3 Å². The fraction of sp³-hybridized carbons (Fsp3) is 0.776. The van der Waals surface area contributed by atoms with Gasteiger partial charge in [0, 0.05) is 6.42 Å². The number of rotatable bonds is 38. The number of allylic oxidation sites excluding steroid dienone is 9. The highest BCUT2D eigenvalue weighted by atomic mass is 16.7. The lowest BCUT2D eigenvalue weighted by atomic mass is 9.99. The molecule has 0 saturated carbocycles. The Labute approximate surface area is 354 Å². The molecule has 1 heterocycles. The van der Waals surface area contributed by atoms with E-state index in [-0.39, 0.29) is 18.9 Å². The summed E-state index contributed by atoms with van der Waals surface area (Å²) in [7, 11) is 0. The van der Waals surface area contributed by atoms with Gasteiger partial charge in [-0.05, 0) is 64.2 Å². The molecule has 0 radical (unpaired) electrons. The molecular formula is C49H87NO8. The SMILES string of the molecule is CCCCCCCC/C=C\C/C=C\CCC(=O)NC(COC1OC(CO)C(O)C(O)C1O)C(O)/C=C/CC/C=C/CC/C=C/CCCCCCCCCCCCCC. The predicted octanol–water partition coefficient (Wildman–Crippen LogP) is 10.0. The minimum absolute atomic E-state index is 0.227.